The fourth-order valence-corrected chi connectivity index (χ4v) is 5.28. The minimum Gasteiger partial charge on any atom is -0.300 e. The Morgan fingerprint density at radius 3 is 3.04 bits per heavy atom. The van der Waals surface area contributed by atoms with Crippen LogP contribution in [-0.4, -0.2) is 26.8 Å². The lowest BCUT2D eigenvalue weighted by atomic mass is 10.2. The number of thioether (sulfide) groups is 1. The first-order chi connectivity index (χ1) is 12.3. The van der Waals surface area contributed by atoms with E-state index in [4.69, 9.17) is 0 Å². The van der Waals surface area contributed by atoms with Crippen molar-refractivity contribution < 1.29 is 4.79 Å². The first-order valence-electron chi connectivity index (χ1n) is 7.75. The number of aromatic nitrogens is 3. The summed E-state index contributed by atoms with van der Waals surface area (Å²) in [6.07, 6.45) is 5.38. The second kappa shape index (κ2) is 7.55. The van der Waals surface area contributed by atoms with Crippen LogP contribution < -0.4 is 5.32 Å². The summed E-state index contributed by atoms with van der Waals surface area (Å²) in [5, 5.41) is 12.7. The van der Waals surface area contributed by atoms with Crippen LogP contribution in [0.3, 0.4) is 0 Å². The lowest BCUT2D eigenvalue weighted by molar-refractivity contribution is -0.115. The number of amides is 1. The molecular formula is C17H14N4OS3. The number of allylic oxidation sites excluding steroid dienone is 1. The molecule has 0 bridgehead atoms. The molecular weight excluding hydrogens is 372 g/mol. The maximum atomic E-state index is 12.1. The van der Waals surface area contributed by atoms with Crippen LogP contribution >= 0.6 is 34.9 Å². The van der Waals surface area contributed by atoms with Gasteiger partial charge in [0.05, 0.1) is 11.9 Å². The van der Waals surface area contributed by atoms with Gasteiger partial charge in [-0.1, -0.05) is 47.4 Å². The van der Waals surface area contributed by atoms with E-state index in [1.54, 1.807) is 18.0 Å². The van der Waals surface area contributed by atoms with E-state index in [0.29, 0.717) is 11.6 Å². The number of hydrogen-bond donors (Lipinski definition) is 1. The van der Waals surface area contributed by atoms with Crippen molar-refractivity contribution >= 4 is 56.8 Å². The van der Waals surface area contributed by atoms with Gasteiger partial charge in [-0.25, -0.2) is 0 Å². The zero-order valence-corrected chi connectivity index (χ0v) is 15.6. The van der Waals surface area contributed by atoms with Crippen LogP contribution in [0.15, 0.2) is 56.7 Å². The zero-order valence-electron chi connectivity index (χ0n) is 13.1. The van der Waals surface area contributed by atoms with Gasteiger partial charge in [0.15, 0.2) is 4.34 Å². The van der Waals surface area contributed by atoms with Gasteiger partial charge in [0.2, 0.25) is 11.0 Å². The molecule has 0 atom stereocenters. The lowest BCUT2D eigenvalue weighted by Crippen LogP contribution is -2.11. The number of carbonyl (C=O) groups is 1. The van der Waals surface area contributed by atoms with Crippen molar-refractivity contribution in [1.29, 1.82) is 0 Å². The number of nitrogens with zero attached hydrogens (tertiary/aromatic N) is 3. The molecule has 0 saturated carbocycles. The third-order valence-corrected chi connectivity index (χ3v) is 6.66. The average Bonchev–Trinajstić information content (AvgIpc) is 3.27. The highest BCUT2D eigenvalue weighted by atomic mass is 32.2. The molecule has 0 radical (unpaired) electrons. The van der Waals surface area contributed by atoms with Gasteiger partial charge in [-0.15, -0.1) is 22.0 Å². The molecule has 4 rings (SSSR count). The third-order valence-electron chi connectivity index (χ3n) is 3.57. The monoisotopic (exact) mass is 386 g/mol. The summed E-state index contributed by atoms with van der Waals surface area (Å²) in [4.78, 5) is 18.7. The fourth-order valence-electron chi connectivity index (χ4n) is 2.47. The highest BCUT2D eigenvalue weighted by Gasteiger charge is 2.14. The van der Waals surface area contributed by atoms with Crippen molar-refractivity contribution in [3.05, 3.63) is 47.5 Å². The van der Waals surface area contributed by atoms with Crippen molar-refractivity contribution in [2.45, 2.75) is 22.1 Å². The van der Waals surface area contributed by atoms with Crippen LogP contribution in [0.25, 0.3) is 10.9 Å². The summed E-state index contributed by atoms with van der Waals surface area (Å²) in [5.74, 6) is 1.03. The molecule has 3 aromatic rings. The quantitative estimate of drug-likeness (QED) is 0.647. The summed E-state index contributed by atoms with van der Waals surface area (Å²) in [6.45, 7) is 0. The first kappa shape index (κ1) is 16.6. The Morgan fingerprint density at radius 1 is 1.24 bits per heavy atom. The molecule has 3 heterocycles. The number of carbonyl (C=O) groups excluding carboxylic acids is 1. The van der Waals surface area contributed by atoms with Crippen LogP contribution in [0.1, 0.15) is 12.8 Å². The number of nitrogens with one attached hydrogen (secondary N) is 1. The van der Waals surface area contributed by atoms with E-state index in [-0.39, 0.29) is 5.91 Å². The summed E-state index contributed by atoms with van der Waals surface area (Å²) < 4.78 is 0.793. The molecule has 0 fully saturated rings. The van der Waals surface area contributed by atoms with Crippen LogP contribution in [0, 0.1) is 0 Å². The topological polar surface area (TPSA) is 67.8 Å². The van der Waals surface area contributed by atoms with E-state index in [9.17, 15) is 4.79 Å². The number of rotatable bonds is 5. The molecule has 0 saturated heterocycles. The van der Waals surface area contributed by atoms with Crippen molar-refractivity contribution in [3.8, 4) is 0 Å². The predicted molar refractivity (Wildman–Crippen MR) is 104 cm³/mol. The standard InChI is InChI=1S/C17H14N4OS3/c22-15(10-11-4-3-9-23-11)19-16-20-21-17(25-16)24-14-7-8-18-13-6-2-1-5-12(13)14/h1-2,4-8H,3,9-10H2,(H,19,20,22). The number of benzene rings is 1. The van der Waals surface area contributed by atoms with Crippen molar-refractivity contribution in [2.75, 3.05) is 11.1 Å². The Morgan fingerprint density at radius 2 is 2.16 bits per heavy atom. The van der Waals surface area contributed by atoms with Gasteiger partial charge in [-0.05, 0) is 23.5 Å². The summed E-state index contributed by atoms with van der Waals surface area (Å²) in [6, 6.07) is 9.97. The van der Waals surface area contributed by atoms with E-state index in [0.717, 1.165) is 37.2 Å². The van der Waals surface area contributed by atoms with Crippen LogP contribution in [0.5, 0.6) is 0 Å². The van der Waals surface area contributed by atoms with Gasteiger partial charge in [0, 0.05) is 22.2 Å². The summed E-state index contributed by atoms with van der Waals surface area (Å²) in [5.41, 5.74) is 0.952. The Hall–Kier alpha value is -1.90. The van der Waals surface area contributed by atoms with E-state index in [1.165, 1.54) is 23.1 Å². The van der Waals surface area contributed by atoms with E-state index < -0.39 is 0 Å². The second-order valence-electron chi connectivity index (χ2n) is 5.33. The van der Waals surface area contributed by atoms with Gasteiger partial charge in [-0.3, -0.25) is 9.78 Å². The summed E-state index contributed by atoms with van der Waals surface area (Å²) in [7, 11) is 0. The minimum atomic E-state index is -0.0392. The normalized spacial score (nSPS) is 13.8. The Labute approximate surface area is 157 Å². The maximum absolute atomic E-state index is 12.1. The number of pyridine rings is 1. The Kier molecular flexibility index (Phi) is 5.00. The fraction of sp³-hybridized carbons (Fsp3) is 0.176. The second-order valence-corrected chi connectivity index (χ2v) is 8.82. The number of hydrogen-bond acceptors (Lipinski definition) is 7. The van der Waals surface area contributed by atoms with Crippen molar-refractivity contribution in [1.82, 2.24) is 15.2 Å². The maximum Gasteiger partial charge on any atom is 0.231 e. The van der Waals surface area contributed by atoms with Gasteiger partial charge >= 0.3 is 0 Å². The molecule has 1 aliphatic rings. The molecule has 1 N–H and O–H groups in total. The minimum absolute atomic E-state index is 0.0392. The highest BCUT2D eigenvalue weighted by molar-refractivity contribution is 8.03. The molecule has 0 unspecified atom stereocenters. The van der Waals surface area contributed by atoms with E-state index in [1.807, 2.05) is 30.3 Å². The van der Waals surface area contributed by atoms with Crippen molar-refractivity contribution in [2.24, 2.45) is 0 Å². The van der Waals surface area contributed by atoms with Crippen molar-refractivity contribution in [3.63, 3.8) is 0 Å². The van der Waals surface area contributed by atoms with Crippen LogP contribution in [-0.2, 0) is 4.79 Å². The van der Waals surface area contributed by atoms with Crippen LogP contribution in [0.4, 0.5) is 5.13 Å². The molecule has 1 aromatic carbocycles. The van der Waals surface area contributed by atoms with Crippen LogP contribution in [0.2, 0.25) is 0 Å². The first-order valence-corrected chi connectivity index (χ1v) is 10.4. The molecule has 0 spiro atoms. The van der Waals surface area contributed by atoms with Gasteiger partial charge in [0.1, 0.15) is 0 Å². The summed E-state index contributed by atoms with van der Waals surface area (Å²) >= 11 is 4.67. The third kappa shape index (κ3) is 4.02. The molecule has 8 heteroatoms. The molecule has 5 nitrogen and oxygen atoms in total. The molecule has 0 aliphatic carbocycles. The molecule has 1 aliphatic heterocycles. The average molecular weight is 387 g/mol. The molecule has 126 valence electrons. The Balaban J connectivity index is 1.45. The lowest BCUT2D eigenvalue weighted by Gasteiger charge is -2.02. The highest BCUT2D eigenvalue weighted by Crippen LogP contribution is 2.35. The molecule has 25 heavy (non-hydrogen) atoms. The SMILES string of the molecule is O=C(CC1=CCCS1)Nc1nnc(Sc2ccnc3ccccc23)s1. The number of anilines is 1. The Bertz CT molecular complexity index is 948. The zero-order chi connectivity index (χ0) is 17.1. The van der Waals surface area contributed by atoms with Gasteiger partial charge in [0.25, 0.3) is 0 Å². The van der Waals surface area contributed by atoms with Gasteiger partial charge in [-0.2, -0.15) is 0 Å². The predicted octanol–water partition coefficient (Wildman–Crippen LogP) is 4.59. The smallest absolute Gasteiger partial charge is 0.231 e. The number of para-hydroxylation sites is 1. The van der Waals surface area contributed by atoms with E-state index >= 15 is 0 Å². The number of fused-ring (bicyclic) bond motifs is 1. The van der Waals surface area contributed by atoms with Gasteiger partial charge < -0.3 is 5.32 Å². The largest absolute Gasteiger partial charge is 0.300 e. The van der Waals surface area contributed by atoms with E-state index in [2.05, 4.69) is 26.6 Å². The molecule has 2 aromatic heterocycles. The molecule has 1 amide bonds.